The molecule has 0 aliphatic carbocycles. The van der Waals surface area contributed by atoms with E-state index < -0.39 is 22.4 Å². The molecule has 1 aromatic rings. The Morgan fingerprint density at radius 1 is 1.36 bits per heavy atom. The van der Waals surface area contributed by atoms with Crippen LogP contribution in [0.1, 0.15) is 5.56 Å². The number of benzene rings is 1. The topological polar surface area (TPSA) is 35.2 Å². The van der Waals surface area contributed by atoms with Crippen LogP contribution in [0.25, 0.3) is 0 Å². The number of anilines is 1. The number of methoxy groups -OCH3 is 1. The summed E-state index contributed by atoms with van der Waals surface area (Å²) in [5.41, 5.74) is 3.73. The third-order valence-corrected chi connectivity index (χ3v) is 1.91. The Labute approximate surface area is 83.4 Å². The molecule has 0 aromatic heterocycles. The van der Waals surface area contributed by atoms with Crippen molar-refractivity contribution < 1.29 is 17.9 Å². The van der Waals surface area contributed by atoms with Gasteiger partial charge in [0.1, 0.15) is 5.75 Å². The molecule has 0 saturated heterocycles. The second kappa shape index (κ2) is 3.57. The zero-order chi connectivity index (χ0) is 10.9. The van der Waals surface area contributed by atoms with E-state index in [9.17, 15) is 13.2 Å². The monoisotopic (exact) mass is 225 g/mol. The summed E-state index contributed by atoms with van der Waals surface area (Å²) < 4.78 is 41.7. The summed E-state index contributed by atoms with van der Waals surface area (Å²) in [5.74, 6) is 0.195. The van der Waals surface area contributed by atoms with E-state index in [1.54, 1.807) is 0 Å². The number of alkyl halides is 3. The smallest absolute Gasteiger partial charge is 0.419 e. The molecule has 0 amide bonds. The number of nitrogens with two attached hydrogens (primary N) is 1. The van der Waals surface area contributed by atoms with Gasteiger partial charge in [0.2, 0.25) is 0 Å². The molecular weight excluding hydrogens is 219 g/mol. The maximum atomic E-state index is 12.3. The van der Waals surface area contributed by atoms with Crippen molar-refractivity contribution >= 4 is 17.3 Å². The normalized spacial score (nSPS) is 11.5. The van der Waals surface area contributed by atoms with Gasteiger partial charge in [0.15, 0.2) is 0 Å². The number of ether oxygens (including phenoxy) is 1. The maximum Gasteiger partial charge on any atom is 0.419 e. The molecule has 2 N–H and O–H groups in total. The fraction of sp³-hybridized carbons (Fsp3) is 0.250. The molecule has 1 aromatic carbocycles. The number of nitrogen functional groups attached to an aromatic ring is 1. The molecule has 0 radical (unpaired) electrons. The zero-order valence-electron chi connectivity index (χ0n) is 7.15. The quantitative estimate of drug-likeness (QED) is 0.746. The predicted octanol–water partition coefficient (Wildman–Crippen LogP) is 2.95. The molecule has 0 heterocycles. The molecule has 0 saturated carbocycles. The minimum Gasteiger partial charge on any atom is -0.497 e. The van der Waals surface area contributed by atoms with Gasteiger partial charge in [-0.15, -0.1) is 0 Å². The Morgan fingerprint density at radius 3 is 2.29 bits per heavy atom. The largest absolute Gasteiger partial charge is 0.497 e. The lowest BCUT2D eigenvalue weighted by Gasteiger charge is -2.12. The molecule has 0 aliphatic heterocycles. The van der Waals surface area contributed by atoms with Crippen molar-refractivity contribution in [3.63, 3.8) is 0 Å². The highest BCUT2D eigenvalue weighted by molar-refractivity contribution is 6.32. The molecule has 1 rings (SSSR count). The van der Waals surface area contributed by atoms with E-state index in [-0.39, 0.29) is 5.75 Å². The lowest BCUT2D eigenvalue weighted by Crippen LogP contribution is -2.10. The predicted molar refractivity (Wildman–Crippen MR) is 47.4 cm³/mol. The Hall–Kier alpha value is -1.10. The second-order valence-corrected chi connectivity index (χ2v) is 2.98. The van der Waals surface area contributed by atoms with Gasteiger partial charge >= 0.3 is 6.18 Å². The fourth-order valence-electron chi connectivity index (χ4n) is 1.02. The molecule has 0 bridgehead atoms. The van der Waals surface area contributed by atoms with Crippen molar-refractivity contribution in [2.75, 3.05) is 12.8 Å². The van der Waals surface area contributed by atoms with Crippen LogP contribution in [0, 0.1) is 0 Å². The molecule has 2 nitrogen and oxygen atoms in total. The van der Waals surface area contributed by atoms with Crippen molar-refractivity contribution in [1.29, 1.82) is 0 Å². The van der Waals surface area contributed by atoms with Crippen molar-refractivity contribution in [3.05, 3.63) is 22.7 Å². The summed E-state index contributed by atoms with van der Waals surface area (Å²) in [6, 6.07) is 2.15. The van der Waals surface area contributed by atoms with Gasteiger partial charge in [0.25, 0.3) is 0 Å². The van der Waals surface area contributed by atoms with E-state index in [1.807, 2.05) is 0 Å². The standard InChI is InChI=1S/C8H7ClF3NO/c1-14-4-2-5(9)7(6(13)3-4)8(10,11)12/h2-3H,13H2,1H3. The minimum absolute atomic E-state index is 0.195. The third kappa shape index (κ3) is 2.04. The molecule has 78 valence electrons. The maximum absolute atomic E-state index is 12.3. The average molecular weight is 226 g/mol. The highest BCUT2D eigenvalue weighted by Gasteiger charge is 2.35. The van der Waals surface area contributed by atoms with Gasteiger partial charge in [-0.1, -0.05) is 11.6 Å². The average Bonchev–Trinajstić information content (AvgIpc) is 1.99. The van der Waals surface area contributed by atoms with Crippen LogP contribution in [0.4, 0.5) is 18.9 Å². The van der Waals surface area contributed by atoms with Crippen LogP contribution in [0.15, 0.2) is 12.1 Å². The number of halogens is 4. The van der Waals surface area contributed by atoms with Crippen LogP contribution < -0.4 is 10.5 Å². The first-order chi connectivity index (χ1) is 6.36. The van der Waals surface area contributed by atoms with Crippen molar-refractivity contribution in [2.45, 2.75) is 6.18 Å². The summed E-state index contributed by atoms with van der Waals surface area (Å²) in [7, 11) is 1.32. The summed E-state index contributed by atoms with van der Waals surface area (Å²) in [5, 5.41) is -0.464. The zero-order valence-corrected chi connectivity index (χ0v) is 7.91. The number of hydrogen-bond acceptors (Lipinski definition) is 2. The van der Waals surface area contributed by atoms with Gasteiger partial charge in [-0.3, -0.25) is 0 Å². The molecule has 6 heteroatoms. The Morgan fingerprint density at radius 2 is 1.93 bits per heavy atom. The summed E-state index contributed by atoms with van der Waals surface area (Å²) in [6.07, 6.45) is -4.55. The van der Waals surface area contributed by atoms with Gasteiger partial charge in [0, 0.05) is 11.8 Å². The van der Waals surface area contributed by atoms with E-state index >= 15 is 0 Å². The van der Waals surface area contributed by atoms with Gasteiger partial charge in [0.05, 0.1) is 17.7 Å². The Bertz CT molecular complexity index is 328. The van der Waals surface area contributed by atoms with Crippen molar-refractivity contribution in [1.82, 2.24) is 0 Å². The van der Waals surface area contributed by atoms with E-state index in [0.29, 0.717) is 0 Å². The SMILES string of the molecule is COc1cc(N)c(C(F)(F)F)c(Cl)c1. The molecular formula is C8H7ClF3NO. The van der Waals surface area contributed by atoms with Crippen LogP contribution in [0.3, 0.4) is 0 Å². The highest BCUT2D eigenvalue weighted by atomic mass is 35.5. The summed E-state index contributed by atoms with van der Waals surface area (Å²) in [4.78, 5) is 0. The van der Waals surface area contributed by atoms with Crippen LogP contribution >= 0.6 is 11.6 Å². The van der Waals surface area contributed by atoms with Gasteiger partial charge in [-0.2, -0.15) is 13.2 Å². The first-order valence-electron chi connectivity index (χ1n) is 3.56. The first kappa shape index (κ1) is 11.0. The molecule has 0 aliphatic rings. The third-order valence-electron chi connectivity index (χ3n) is 1.61. The Kier molecular flexibility index (Phi) is 2.80. The van der Waals surface area contributed by atoms with E-state index in [2.05, 4.69) is 0 Å². The first-order valence-corrected chi connectivity index (χ1v) is 3.94. The summed E-state index contributed by atoms with van der Waals surface area (Å²) in [6.45, 7) is 0. The molecule has 0 atom stereocenters. The molecule has 0 spiro atoms. The van der Waals surface area contributed by atoms with Gasteiger partial charge < -0.3 is 10.5 Å². The van der Waals surface area contributed by atoms with Crippen molar-refractivity contribution in [2.24, 2.45) is 0 Å². The van der Waals surface area contributed by atoms with Crippen molar-refractivity contribution in [3.8, 4) is 5.75 Å². The Balaban J connectivity index is 3.33. The van der Waals surface area contributed by atoms with Crippen LogP contribution in [0.5, 0.6) is 5.75 Å². The van der Waals surface area contributed by atoms with E-state index in [0.717, 1.165) is 12.1 Å². The molecule has 14 heavy (non-hydrogen) atoms. The highest BCUT2D eigenvalue weighted by Crippen LogP contribution is 2.40. The van der Waals surface area contributed by atoms with Gasteiger partial charge in [-0.05, 0) is 6.07 Å². The summed E-state index contributed by atoms with van der Waals surface area (Å²) >= 11 is 5.42. The number of hydrogen-bond donors (Lipinski definition) is 1. The minimum atomic E-state index is -4.55. The van der Waals surface area contributed by atoms with Crippen LogP contribution in [-0.2, 0) is 6.18 Å². The van der Waals surface area contributed by atoms with Crippen LogP contribution in [0.2, 0.25) is 5.02 Å². The lowest BCUT2D eigenvalue weighted by molar-refractivity contribution is -0.136. The molecule has 0 unspecified atom stereocenters. The number of rotatable bonds is 1. The molecule has 0 fully saturated rings. The van der Waals surface area contributed by atoms with E-state index in [1.165, 1.54) is 7.11 Å². The van der Waals surface area contributed by atoms with Crippen LogP contribution in [-0.4, -0.2) is 7.11 Å². The van der Waals surface area contributed by atoms with E-state index in [4.69, 9.17) is 22.1 Å². The lowest BCUT2D eigenvalue weighted by atomic mass is 10.1. The fourth-order valence-corrected chi connectivity index (χ4v) is 1.34. The second-order valence-electron chi connectivity index (χ2n) is 2.57. The van der Waals surface area contributed by atoms with Gasteiger partial charge in [-0.25, -0.2) is 0 Å².